The number of rotatable bonds is 9. The average molecular weight is 315 g/mol. The molecule has 0 saturated carbocycles. The number of carboxylic acid groups (broad SMARTS) is 1. The third kappa shape index (κ3) is 5.94. The molecule has 0 aliphatic rings. The zero-order valence-electron chi connectivity index (χ0n) is 13.1. The van der Waals surface area contributed by atoms with Gasteiger partial charge in [-0.2, -0.15) is 4.98 Å². The number of nitrogens with one attached hydrogen (secondary N) is 1. The molecule has 0 aliphatic heterocycles. The van der Waals surface area contributed by atoms with Crippen LogP contribution in [0.25, 0.3) is 0 Å². The molecule has 0 spiro atoms. The van der Waals surface area contributed by atoms with Gasteiger partial charge in [0.25, 0.3) is 0 Å². The molecule has 0 saturated heterocycles. The first kappa shape index (κ1) is 16.7. The van der Waals surface area contributed by atoms with Crippen molar-refractivity contribution in [1.29, 1.82) is 0 Å². The number of benzene rings is 1. The van der Waals surface area contributed by atoms with Gasteiger partial charge in [0, 0.05) is 12.5 Å². The summed E-state index contributed by atoms with van der Waals surface area (Å²) in [5.41, 5.74) is 1.14. The molecule has 1 aromatic carbocycles. The van der Waals surface area contributed by atoms with E-state index < -0.39 is 5.97 Å². The maximum atomic E-state index is 10.9. The lowest BCUT2D eigenvalue weighted by molar-refractivity contribution is -0.137. The van der Waals surface area contributed by atoms with E-state index in [0.29, 0.717) is 31.1 Å². The SMILES string of the molecule is CCOc1cncc(NC(CCC(=O)O)Cc2ccccc2)n1. The van der Waals surface area contributed by atoms with E-state index in [1.54, 1.807) is 12.4 Å². The topological polar surface area (TPSA) is 84.3 Å². The first-order valence-corrected chi connectivity index (χ1v) is 7.64. The lowest BCUT2D eigenvalue weighted by Gasteiger charge is -2.19. The number of anilines is 1. The standard InChI is InChI=1S/C17H21N3O3/c1-2-23-16-12-18-11-15(20-16)19-14(8-9-17(21)22)10-13-6-4-3-5-7-13/h3-7,11-12,14H,2,8-10H2,1H3,(H,19,20)(H,21,22). The minimum Gasteiger partial charge on any atom is -0.481 e. The van der Waals surface area contributed by atoms with E-state index in [0.717, 1.165) is 5.56 Å². The van der Waals surface area contributed by atoms with Gasteiger partial charge in [-0.05, 0) is 25.3 Å². The van der Waals surface area contributed by atoms with Gasteiger partial charge in [0.1, 0.15) is 5.82 Å². The van der Waals surface area contributed by atoms with Crippen molar-refractivity contribution in [2.75, 3.05) is 11.9 Å². The molecule has 6 nitrogen and oxygen atoms in total. The highest BCUT2D eigenvalue weighted by molar-refractivity contribution is 5.66. The van der Waals surface area contributed by atoms with Gasteiger partial charge in [0.2, 0.25) is 5.88 Å². The van der Waals surface area contributed by atoms with Crippen molar-refractivity contribution in [1.82, 2.24) is 9.97 Å². The van der Waals surface area contributed by atoms with Crippen LogP contribution in [0, 0.1) is 0 Å². The van der Waals surface area contributed by atoms with Crippen molar-refractivity contribution in [3.63, 3.8) is 0 Å². The van der Waals surface area contributed by atoms with E-state index in [-0.39, 0.29) is 12.5 Å². The number of carboxylic acids is 1. The Bertz CT molecular complexity index is 619. The number of carbonyl (C=O) groups is 1. The summed E-state index contributed by atoms with van der Waals surface area (Å²) in [5.74, 6) is 0.232. The van der Waals surface area contributed by atoms with Gasteiger partial charge in [-0.1, -0.05) is 30.3 Å². The zero-order valence-corrected chi connectivity index (χ0v) is 13.1. The van der Waals surface area contributed by atoms with Crippen molar-refractivity contribution in [2.45, 2.75) is 32.2 Å². The van der Waals surface area contributed by atoms with E-state index in [9.17, 15) is 4.79 Å². The summed E-state index contributed by atoms with van der Waals surface area (Å²) in [6.07, 6.45) is 4.49. The van der Waals surface area contributed by atoms with Gasteiger partial charge in [-0.15, -0.1) is 0 Å². The van der Waals surface area contributed by atoms with Crippen molar-refractivity contribution >= 4 is 11.8 Å². The minimum absolute atomic E-state index is 0.0420. The Labute approximate surface area is 135 Å². The molecule has 6 heteroatoms. The van der Waals surface area contributed by atoms with Gasteiger partial charge >= 0.3 is 5.97 Å². The minimum atomic E-state index is -0.806. The number of aromatic nitrogens is 2. The van der Waals surface area contributed by atoms with Crippen LogP contribution in [0.1, 0.15) is 25.3 Å². The molecule has 2 aromatic rings. The summed E-state index contributed by atoms with van der Waals surface area (Å²) in [7, 11) is 0. The molecule has 0 bridgehead atoms. The highest BCUT2D eigenvalue weighted by Crippen LogP contribution is 2.15. The van der Waals surface area contributed by atoms with E-state index in [4.69, 9.17) is 9.84 Å². The fourth-order valence-corrected chi connectivity index (χ4v) is 2.27. The fourth-order valence-electron chi connectivity index (χ4n) is 2.27. The van der Waals surface area contributed by atoms with Crippen molar-refractivity contribution in [2.24, 2.45) is 0 Å². The summed E-state index contributed by atoms with van der Waals surface area (Å²) in [5, 5.41) is 12.2. The molecule has 1 unspecified atom stereocenters. The molecule has 1 aromatic heterocycles. The lowest BCUT2D eigenvalue weighted by Crippen LogP contribution is -2.24. The van der Waals surface area contributed by atoms with Crippen molar-refractivity contribution in [3.8, 4) is 5.88 Å². The molecule has 1 heterocycles. The highest BCUT2D eigenvalue weighted by atomic mass is 16.5. The third-order valence-electron chi connectivity index (χ3n) is 3.29. The van der Waals surface area contributed by atoms with Crippen LogP contribution < -0.4 is 10.1 Å². The maximum Gasteiger partial charge on any atom is 0.303 e. The van der Waals surface area contributed by atoms with E-state index >= 15 is 0 Å². The van der Waals surface area contributed by atoms with Crippen LogP contribution in [0.3, 0.4) is 0 Å². The second-order valence-electron chi connectivity index (χ2n) is 5.14. The maximum absolute atomic E-state index is 10.9. The molecule has 0 aliphatic carbocycles. The molecule has 1 atom stereocenters. The lowest BCUT2D eigenvalue weighted by atomic mass is 10.0. The molecule has 122 valence electrons. The smallest absolute Gasteiger partial charge is 0.303 e. The van der Waals surface area contributed by atoms with Gasteiger partial charge in [0.15, 0.2) is 0 Å². The molecule has 0 radical (unpaired) electrons. The Morgan fingerprint density at radius 2 is 2.09 bits per heavy atom. The quantitative estimate of drug-likeness (QED) is 0.740. The van der Waals surface area contributed by atoms with E-state index in [2.05, 4.69) is 15.3 Å². The fraction of sp³-hybridized carbons (Fsp3) is 0.353. The second-order valence-corrected chi connectivity index (χ2v) is 5.14. The Balaban J connectivity index is 2.06. The summed E-state index contributed by atoms with van der Waals surface area (Å²) in [6, 6.07) is 9.91. The molecule has 0 amide bonds. The Morgan fingerprint density at radius 3 is 2.78 bits per heavy atom. The number of hydrogen-bond acceptors (Lipinski definition) is 5. The normalized spacial score (nSPS) is 11.7. The van der Waals surface area contributed by atoms with Crippen LogP contribution in [-0.2, 0) is 11.2 Å². The predicted molar refractivity (Wildman–Crippen MR) is 87.6 cm³/mol. The van der Waals surface area contributed by atoms with Gasteiger partial charge in [-0.25, -0.2) is 0 Å². The van der Waals surface area contributed by atoms with Crippen molar-refractivity contribution in [3.05, 3.63) is 48.3 Å². The van der Waals surface area contributed by atoms with Crippen LogP contribution >= 0.6 is 0 Å². The van der Waals surface area contributed by atoms with E-state index in [1.807, 2.05) is 37.3 Å². The van der Waals surface area contributed by atoms with Crippen LogP contribution in [0.2, 0.25) is 0 Å². The van der Waals surface area contributed by atoms with Gasteiger partial charge in [0.05, 0.1) is 19.0 Å². The van der Waals surface area contributed by atoms with Gasteiger partial charge in [-0.3, -0.25) is 9.78 Å². The summed E-state index contributed by atoms with van der Waals surface area (Å²) >= 11 is 0. The van der Waals surface area contributed by atoms with Gasteiger partial charge < -0.3 is 15.2 Å². The monoisotopic (exact) mass is 315 g/mol. The van der Waals surface area contributed by atoms with Crippen molar-refractivity contribution < 1.29 is 14.6 Å². The number of ether oxygens (including phenoxy) is 1. The number of hydrogen-bond donors (Lipinski definition) is 2. The highest BCUT2D eigenvalue weighted by Gasteiger charge is 2.13. The van der Waals surface area contributed by atoms with Crippen LogP contribution in [0.4, 0.5) is 5.82 Å². The average Bonchev–Trinajstić information content (AvgIpc) is 2.54. The summed E-state index contributed by atoms with van der Waals surface area (Å²) in [6.45, 7) is 2.40. The predicted octanol–water partition coefficient (Wildman–Crippen LogP) is 2.76. The third-order valence-corrected chi connectivity index (χ3v) is 3.29. The summed E-state index contributed by atoms with van der Waals surface area (Å²) < 4.78 is 5.34. The largest absolute Gasteiger partial charge is 0.481 e. The summed E-state index contributed by atoms with van der Waals surface area (Å²) in [4.78, 5) is 19.3. The Hall–Kier alpha value is -2.63. The number of aliphatic carboxylic acids is 1. The second kappa shape index (κ2) is 8.73. The first-order chi connectivity index (χ1) is 11.2. The number of nitrogens with zero attached hydrogens (tertiary/aromatic N) is 2. The first-order valence-electron chi connectivity index (χ1n) is 7.64. The molecule has 2 rings (SSSR count). The Morgan fingerprint density at radius 1 is 1.30 bits per heavy atom. The molecule has 0 fully saturated rings. The molecule has 2 N–H and O–H groups in total. The zero-order chi connectivity index (χ0) is 16.5. The molecule has 23 heavy (non-hydrogen) atoms. The molecular weight excluding hydrogens is 294 g/mol. The Kier molecular flexibility index (Phi) is 6.35. The molecular formula is C17H21N3O3. The van der Waals surface area contributed by atoms with Crippen LogP contribution in [0.15, 0.2) is 42.7 Å². The van der Waals surface area contributed by atoms with E-state index in [1.165, 1.54) is 0 Å². The van der Waals surface area contributed by atoms with Crippen LogP contribution in [-0.4, -0.2) is 33.7 Å². The van der Waals surface area contributed by atoms with Crippen LogP contribution in [0.5, 0.6) is 5.88 Å².